The van der Waals surface area contributed by atoms with Crippen LogP contribution < -0.4 is 0 Å². The fourth-order valence-electron chi connectivity index (χ4n) is 2.36. The van der Waals surface area contributed by atoms with Crippen LogP contribution in [-0.4, -0.2) is 39.0 Å². The van der Waals surface area contributed by atoms with Crippen molar-refractivity contribution >= 4 is 0 Å². The second-order valence-corrected chi connectivity index (χ2v) is 5.28. The van der Waals surface area contributed by atoms with Gasteiger partial charge in [-0.05, 0) is 12.8 Å². The van der Waals surface area contributed by atoms with Gasteiger partial charge in [0.15, 0.2) is 12.6 Å². The molecule has 0 spiro atoms. The van der Waals surface area contributed by atoms with Gasteiger partial charge in [-0.1, -0.05) is 32.4 Å². The van der Waals surface area contributed by atoms with Crippen molar-refractivity contribution < 1.29 is 18.9 Å². The molecule has 0 saturated carbocycles. The minimum absolute atomic E-state index is 0.0370. The molecule has 2 aliphatic heterocycles. The average molecular weight is 270 g/mol. The summed E-state index contributed by atoms with van der Waals surface area (Å²) in [5.41, 5.74) is 0. The summed E-state index contributed by atoms with van der Waals surface area (Å²) in [7, 11) is 0. The van der Waals surface area contributed by atoms with E-state index in [9.17, 15) is 0 Å². The van der Waals surface area contributed by atoms with Crippen LogP contribution in [0.3, 0.4) is 0 Å². The van der Waals surface area contributed by atoms with Crippen LogP contribution in [0.4, 0.5) is 0 Å². The van der Waals surface area contributed by atoms with Crippen LogP contribution in [0.15, 0.2) is 12.2 Å². The molecule has 110 valence electrons. The van der Waals surface area contributed by atoms with E-state index in [2.05, 4.69) is 26.0 Å². The van der Waals surface area contributed by atoms with Crippen molar-refractivity contribution in [2.45, 2.75) is 45.7 Å². The van der Waals surface area contributed by atoms with Gasteiger partial charge in [-0.3, -0.25) is 0 Å². The minimum atomic E-state index is -0.172. The van der Waals surface area contributed by atoms with Crippen LogP contribution in [0, 0.1) is 11.8 Å². The zero-order valence-electron chi connectivity index (χ0n) is 12.0. The summed E-state index contributed by atoms with van der Waals surface area (Å²) in [6.07, 6.45) is 7.24. The fraction of sp³-hybridized carbons (Fsp3) is 0.867. The maximum absolute atomic E-state index is 5.79. The molecule has 2 aliphatic rings. The predicted octanol–water partition coefficient (Wildman–Crippen LogP) is 2.73. The van der Waals surface area contributed by atoms with E-state index >= 15 is 0 Å². The van der Waals surface area contributed by atoms with E-state index in [-0.39, 0.29) is 18.5 Å². The number of allylic oxidation sites excluding steroid dienone is 1. The molecule has 19 heavy (non-hydrogen) atoms. The molecule has 0 radical (unpaired) electrons. The zero-order valence-corrected chi connectivity index (χ0v) is 12.0. The van der Waals surface area contributed by atoms with Gasteiger partial charge in [-0.2, -0.15) is 0 Å². The van der Waals surface area contributed by atoms with Crippen molar-refractivity contribution in [2.24, 2.45) is 11.8 Å². The standard InChI is InChI=1S/C15H26O4/c1-3-5-7-12-8-18-15(19-9-12)13-10-16-14(6-4-2)17-11-13/h5,7,12-15H,3-4,6,8-11H2,1-2H3/b7-5+/t12-,13-,14-,15-. The molecule has 0 aromatic heterocycles. The Morgan fingerprint density at radius 2 is 1.63 bits per heavy atom. The molecule has 0 N–H and O–H groups in total. The van der Waals surface area contributed by atoms with Crippen molar-refractivity contribution in [3.05, 3.63) is 12.2 Å². The molecule has 0 unspecified atom stereocenters. The van der Waals surface area contributed by atoms with Crippen molar-refractivity contribution in [2.75, 3.05) is 26.4 Å². The first-order valence-electron chi connectivity index (χ1n) is 7.46. The topological polar surface area (TPSA) is 36.9 Å². The molecule has 0 aromatic carbocycles. The van der Waals surface area contributed by atoms with Gasteiger partial charge in [-0.25, -0.2) is 0 Å². The van der Waals surface area contributed by atoms with Crippen LogP contribution in [0.5, 0.6) is 0 Å². The predicted molar refractivity (Wildman–Crippen MR) is 72.7 cm³/mol. The van der Waals surface area contributed by atoms with Crippen molar-refractivity contribution in [1.82, 2.24) is 0 Å². The van der Waals surface area contributed by atoms with Gasteiger partial charge in [0.1, 0.15) is 0 Å². The normalized spacial score (nSPS) is 36.7. The lowest BCUT2D eigenvalue weighted by atomic mass is 10.1. The summed E-state index contributed by atoms with van der Waals surface area (Å²) in [6, 6.07) is 0. The van der Waals surface area contributed by atoms with E-state index in [1.54, 1.807) is 0 Å². The Labute approximate surface area is 116 Å². The molecule has 4 nitrogen and oxygen atoms in total. The van der Waals surface area contributed by atoms with Crippen LogP contribution in [0.25, 0.3) is 0 Å². The number of hydrogen-bond acceptors (Lipinski definition) is 4. The smallest absolute Gasteiger partial charge is 0.164 e. The molecule has 0 aromatic rings. The van der Waals surface area contributed by atoms with Crippen molar-refractivity contribution in [1.29, 1.82) is 0 Å². The number of hydrogen-bond donors (Lipinski definition) is 0. The van der Waals surface area contributed by atoms with Gasteiger partial charge in [-0.15, -0.1) is 0 Å². The Hall–Kier alpha value is -0.420. The highest BCUT2D eigenvalue weighted by molar-refractivity contribution is 4.89. The summed E-state index contributed by atoms with van der Waals surface area (Å²) in [6.45, 7) is 7.07. The number of ether oxygens (including phenoxy) is 4. The third-order valence-electron chi connectivity index (χ3n) is 3.49. The Balaban J connectivity index is 1.69. The molecule has 0 atom stereocenters. The van der Waals surface area contributed by atoms with E-state index in [1.165, 1.54) is 0 Å². The van der Waals surface area contributed by atoms with E-state index in [0.717, 1.165) is 32.5 Å². The SMILES string of the molecule is CC/C=C/[C@H]1CO[C@H]([C@H]2CO[C@H](CCC)OC2)OC1. The lowest BCUT2D eigenvalue weighted by molar-refractivity contribution is -0.278. The first kappa shape index (κ1) is 15.0. The first-order chi connectivity index (χ1) is 9.33. The minimum Gasteiger partial charge on any atom is -0.352 e. The van der Waals surface area contributed by atoms with Crippen LogP contribution in [0.1, 0.15) is 33.1 Å². The average Bonchev–Trinajstić information content (AvgIpc) is 2.47. The van der Waals surface area contributed by atoms with Gasteiger partial charge in [0.25, 0.3) is 0 Å². The highest BCUT2D eigenvalue weighted by Gasteiger charge is 2.32. The second kappa shape index (κ2) is 8.00. The van der Waals surface area contributed by atoms with Gasteiger partial charge in [0.05, 0.1) is 32.3 Å². The summed E-state index contributed by atoms with van der Waals surface area (Å²) in [5, 5.41) is 0. The zero-order chi connectivity index (χ0) is 13.5. The van der Waals surface area contributed by atoms with E-state index < -0.39 is 0 Å². The Bertz CT molecular complexity index is 263. The highest BCUT2D eigenvalue weighted by Crippen LogP contribution is 2.24. The summed E-state index contributed by atoms with van der Waals surface area (Å²) >= 11 is 0. The van der Waals surface area contributed by atoms with Crippen molar-refractivity contribution in [3.8, 4) is 0 Å². The molecular formula is C15H26O4. The molecule has 2 saturated heterocycles. The largest absolute Gasteiger partial charge is 0.352 e. The van der Waals surface area contributed by atoms with Crippen LogP contribution >= 0.6 is 0 Å². The fourth-order valence-corrected chi connectivity index (χ4v) is 2.36. The number of rotatable bonds is 5. The van der Waals surface area contributed by atoms with Crippen molar-refractivity contribution in [3.63, 3.8) is 0 Å². The monoisotopic (exact) mass is 270 g/mol. The van der Waals surface area contributed by atoms with Gasteiger partial charge >= 0.3 is 0 Å². The molecule has 2 fully saturated rings. The Morgan fingerprint density at radius 3 is 2.21 bits per heavy atom. The maximum Gasteiger partial charge on any atom is 0.164 e. The third-order valence-corrected chi connectivity index (χ3v) is 3.49. The van der Waals surface area contributed by atoms with Gasteiger partial charge in [0.2, 0.25) is 0 Å². The molecule has 0 aliphatic carbocycles. The summed E-state index contributed by atoms with van der Waals surface area (Å²) in [4.78, 5) is 0. The highest BCUT2D eigenvalue weighted by atomic mass is 16.7. The summed E-state index contributed by atoms with van der Waals surface area (Å²) in [5.74, 6) is 0.582. The van der Waals surface area contributed by atoms with E-state index in [0.29, 0.717) is 19.1 Å². The van der Waals surface area contributed by atoms with E-state index in [4.69, 9.17) is 18.9 Å². The van der Waals surface area contributed by atoms with Gasteiger partial charge in [0, 0.05) is 5.92 Å². The first-order valence-corrected chi connectivity index (χ1v) is 7.46. The second-order valence-electron chi connectivity index (χ2n) is 5.28. The molecular weight excluding hydrogens is 244 g/mol. The Kier molecular flexibility index (Phi) is 6.31. The maximum atomic E-state index is 5.79. The molecule has 0 amide bonds. The quantitative estimate of drug-likeness (QED) is 0.720. The molecule has 2 rings (SSSR count). The van der Waals surface area contributed by atoms with Crippen LogP contribution in [0.2, 0.25) is 0 Å². The Morgan fingerprint density at radius 1 is 0.947 bits per heavy atom. The van der Waals surface area contributed by atoms with Crippen LogP contribution in [-0.2, 0) is 18.9 Å². The molecule has 4 heteroatoms. The van der Waals surface area contributed by atoms with E-state index in [1.807, 2.05) is 0 Å². The van der Waals surface area contributed by atoms with Gasteiger partial charge < -0.3 is 18.9 Å². The molecule has 0 bridgehead atoms. The lowest BCUT2D eigenvalue weighted by Gasteiger charge is -2.37. The summed E-state index contributed by atoms with van der Waals surface area (Å²) < 4.78 is 22.9. The lowest BCUT2D eigenvalue weighted by Crippen LogP contribution is -2.44. The third kappa shape index (κ3) is 4.56. The molecule has 2 heterocycles.